The second-order valence-electron chi connectivity index (χ2n) is 8.04. The minimum Gasteiger partial charge on any atom is -0.495 e. The molecule has 0 spiro atoms. The van der Waals surface area contributed by atoms with Crippen LogP contribution in [-0.2, 0) is 9.53 Å². The topological polar surface area (TPSA) is 68.6 Å². The fourth-order valence-electron chi connectivity index (χ4n) is 4.56. The van der Waals surface area contributed by atoms with Gasteiger partial charge in [-0.1, -0.05) is 17.7 Å². The summed E-state index contributed by atoms with van der Waals surface area (Å²) in [6, 6.07) is 12.9. The third-order valence-electron chi connectivity index (χ3n) is 5.97. The summed E-state index contributed by atoms with van der Waals surface area (Å²) < 4.78 is 13.0. The Morgan fingerprint density at radius 2 is 2.03 bits per heavy atom. The van der Waals surface area contributed by atoms with Crippen LogP contribution in [0.15, 0.2) is 48.7 Å². The zero-order valence-electron chi connectivity index (χ0n) is 19.5. The molecule has 0 saturated carbocycles. The van der Waals surface area contributed by atoms with Gasteiger partial charge >= 0.3 is 5.97 Å². The Labute approximate surface area is 209 Å². The number of aromatic nitrogens is 2. The number of carbonyl (C=O) groups is 1. The molecule has 0 bridgehead atoms. The van der Waals surface area contributed by atoms with Crippen molar-refractivity contribution in [2.75, 3.05) is 20.3 Å². The Bertz CT molecular complexity index is 1210. The Balaban J connectivity index is 1.85. The van der Waals surface area contributed by atoms with Crippen LogP contribution in [0.5, 0.6) is 5.75 Å². The molecule has 178 valence electrons. The van der Waals surface area contributed by atoms with Gasteiger partial charge in [0.15, 0.2) is 5.11 Å². The number of rotatable bonds is 7. The minimum absolute atomic E-state index is 0.0395. The van der Waals surface area contributed by atoms with E-state index >= 15 is 0 Å². The fourth-order valence-corrected chi connectivity index (χ4v) is 5.03. The maximum absolute atomic E-state index is 12.5. The molecule has 7 nitrogen and oxygen atoms in total. The van der Waals surface area contributed by atoms with Gasteiger partial charge in [0.25, 0.3) is 0 Å². The fraction of sp³-hybridized carbons (Fsp3) is 0.320. The molecule has 1 aliphatic rings. The number of aryl methyl sites for hydroxylation is 1. The first-order valence-corrected chi connectivity index (χ1v) is 11.8. The molecule has 1 fully saturated rings. The molecule has 3 heterocycles. The SMILES string of the molecule is CCOC(=O)CN1C(=S)NC(c2ccccn2)C1c1cc(C)n(-c2cc(Cl)ccc2OC)c1C. The summed E-state index contributed by atoms with van der Waals surface area (Å²) in [6.45, 7) is 6.21. The summed E-state index contributed by atoms with van der Waals surface area (Å²) in [6.07, 6.45) is 1.76. The van der Waals surface area contributed by atoms with Gasteiger partial charge in [-0.15, -0.1) is 0 Å². The van der Waals surface area contributed by atoms with Gasteiger partial charge in [-0.2, -0.15) is 0 Å². The zero-order valence-corrected chi connectivity index (χ0v) is 21.1. The minimum atomic E-state index is -0.330. The van der Waals surface area contributed by atoms with Crippen molar-refractivity contribution in [3.8, 4) is 11.4 Å². The van der Waals surface area contributed by atoms with Gasteiger partial charge in [0.1, 0.15) is 12.3 Å². The zero-order chi connectivity index (χ0) is 24.4. The first kappa shape index (κ1) is 24.0. The highest BCUT2D eigenvalue weighted by molar-refractivity contribution is 7.80. The average molecular weight is 499 g/mol. The van der Waals surface area contributed by atoms with Crippen molar-refractivity contribution in [1.29, 1.82) is 0 Å². The molecule has 0 aliphatic carbocycles. The van der Waals surface area contributed by atoms with Crippen LogP contribution >= 0.6 is 23.8 Å². The smallest absolute Gasteiger partial charge is 0.325 e. The van der Waals surface area contributed by atoms with Crippen LogP contribution in [-0.4, -0.2) is 45.8 Å². The van der Waals surface area contributed by atoms with Crippen molar-refractivity contribution in [3.63, 3.8) is 0 Å². The van der Waals surface area contributed by atoms with E-state index in [1.807, 2.05) is 49.1 Å². The number of halogens is 1. The Hall–Kier alpha value is -3.10. The first-order chi connectivity index (χ1) is 16.3. The first-order valence-electron chi connectivity index (χ1n) is 11.0. The summed E-state index contributed by atoms with van der Waals surface area (Å²) in [4.78, 5) is 18.9. The van der Waals surface area contributed by atoms with Crippen LogP contribution in [0.1, 0.15) is 41.7 Å². The molecular formula is C25H27ClN4O3S. The van der Waals surface area contributed by atoms with Crippen molar-refractivity contribution in [1.82, 2.24) is 19.8 Å². The van der Waals surface area contributed by atoms with Gasteiger partial charge in [-0.25, -0.2) is 0 Å². The average Bonchev–Trinajstić information content (AvgIpc) is 3.29. The number of nitrogens with zero attached hydrogens (tertiary/aromatic N) is 3. The van der Waals surface area contributed by atoms with E-state index in [9.17, 15) is 4.79 Å². The van der Waals surface area contributed by atoms with Gasteiger partial charge in [0.05, 0.1) is 37.2 Å². The highest BCUT2D eigenvalue weighted by Crippen LogP contribution is 2.42. The number of hydrogen-bond donors (Lipinski definition) is 1. The second-order valence-corrected chi connectivity index (χ2v) is 8.86. The number of ether oxygens (including phenoxy) is 2. The van der Waals surface area contributed by atoms with E-state index in [0.717, 1.165) is 28.3 Å². The summed E-state index contributed by atoms with van der Waals surface area (Å²) in [7, 11) is 1.64. The summed E-state index contributed by atoms with van der Waals surface area (Å²) >= 11 is 12.0. The summed E-state index contributed by atoms with van der Waals surface area (Å²) in [5, 5.41) is 4.48. The number of methoxy groups -OCH3 is 1. The van der Waals surface area contributed by atoms with Crippen molar-refractivity contribution < 1.29 is 14.3 Å². The Morgan fingerprint density at radius 1 is 1.24 bits per heavy atom. The second kappa shape index (κ2) is 10.0. The monoisotopic (exact) mass is 498 g/mol. The molecule has 1 aromatic carbocycles. The Kier molecular flexibility index (Phi) is 7.09. The number of hydrogen-bond acceptors (Lipinski definition) is 5. The standard InChI is InChI=1S/C25H27ClN4O3S/c1-5-33-22(31)14-29-24(23(28-25(29)34)19-8-6-7-11-27-19)18-12-15(2)30(16(18)3)20-13-17(26)9-10-21(20)32-4/h6-13,23-24H,5,14H2,1-4H3,(H,28,34). The van der Waals surface area contributed by atoms with Gasteiger partial charge in [0.2, 0.25) is 0 Å². The third kappa shape index (κ3) is 4.48. The number of nitrogens with one attached hydrogen (secondary N) is 1. The van der Waals surface area contributed by atoms with E-state index in [0.29, 0.717) is 22.5 Å². The lowest BCUT2D eigenvalue weighted by molar-refractivity contribution is -0.143. The number of benzene rings is 1. The predicted molar refractivity (Wildman–Crippen MR) is 136 cm³/mol. The molecule has 2 atom stereocenters. The molecule has 0 amide bonds. The van der Waals surface area contributed by atoms with Crippen molar-refractivity contribution in [2.45, 2.75) is 32.9 Å². The lowest BCUT2D eigenvalue weighted by Crippen LogP contribution is -2.35. The molecule has 1 saturated heterocycles. The van der Waals surface area contributed by atoms with Crippen molar-refractivity contribution >= 4 is 34.9 Å². The lowest BCUT2D eigenvalue weighted by atomic mass is 9.97. The number of thiocarbonyl (C=S) groups is 1. The quantitative estimate of drug-likeness (QED) is 0.374. The van der Waals surface area contributed by atoms with E-state index in [1.165, 1.54) is 0 Å². The van der Waals surface area contributed by atoms with Crippen LogP contribution in [0.4, 0.5) is 0 Å². The molecular weight excluding hydrogens is 472 g/mol. The lowest BCUT2D eigenvalue weighted by Gasteiger charge is -2.27. The Morgan fingerprint density at radius 3 is 2.71 bits per heavy atom. The van der Waals surface area contributed by atoms with Gasteiger partial charge in [-0.05, 0) is 75.0 Å². The van der Waals surface area contributed by atoms with Crippen LogP contribution in [0.2, 0.25) is 5.02 Å². The maximum Gasteiger partial charge on any atom is 0.325 e. The molecule has 0 radical (unpaired) electrons. The van der Waals surface area contributed by atoms with Crippen LogP contribution < -0.4 is 10.1 Å². The molecule has 3 aromatic rings. The predicted octanol–water partition coefficient (Wildman–Crippen LogP) is 4.69. The van der Waals surface area contributed by atoms with Crippen molar-refractivity contribution in [3.05, 3.63) is 76.3 Å². The van der Waals surface area contributed by atoms with Gasteiger partial charge in [-0.3, -0.25) is 9.78 Å². The summed E-state index contributed by atoms with van der Waals surface area (Å²) in [5.41, 5.74) is 4.69. The molecule has 1 N–H and O–H groups in total. The van der Waals surface area contributed by atoms with E-state index in [-0.39, 0.29) is 24.6 Å². The van der Waals surface area contributed by atoms with Crippen LogP contribution in [0, 0.1) is 13.8 Å². The molecule has 34 heavy (non-hydrogen) atoms. The van der Waals surface area contributed by atoms with Crippen LogP contribution in [0.3, 0.4) is 0 Å². The third-order valence-corrected chi connectivity index (χ3v) is 6.56. The molecule has 4 rings (SSSR count). The number of esters is 1. The molecule has 2 unspecified atom stereocenters. The maximum atomic E-state index is 12.5. The van der Waals surface area contributed by atoms with Crippen molar-refractivity contribution in [2.24, 2.45) is 0 Å². The molecule has 1 aliphatic heterocycles. The van der Waals surface area contributed by atoms with Gasteiger partial charge < -0.3 is 24.3 Å². The molecule has 9 heteroatoms. The van der Waals surface area contributed by atoms with Crippen LogP contribution in [0.25, 0.3) is 5.69 Å². The van der Waals surface area contributed by atoms with E-state index < -0.39 is 0 Å². The van der Waals surface area contributed by atoms with E-state index in [1.54, 1.807) is 26.3 Å². The van der Waals surface area contributed by atoms with Gasteiger partial charge in [0, 0.05) is 22.6 Å². The van der Waals surface area contributed by atoms with E-state index in [4.69, 9.17) is 33.3 Å². The molecule has 2 aromatic heterocycles. The summed E-state index contributed by atoms with van der Waals surface area (Å²) in [5.74, 6) is 0.381. The normalized spacial score (nSPS) is 17.6. The number of carbonyl (C=O) groups excluding carboxylic acids is 1. The highest BCUT2D eigenvalue weighted by atomic mass is 35.5. The number of pyridine rings is 1. The van der Waals surface area contributed by atoms with E-state index in [2.05, 4.69) is 20.9 Å². The largest absolute Gasteiger partial charge is 0.495 e. The highest BCUT2D eigenvalue weighted by Gasteiger charge is 2.42.